The first kappa shape index (κ1) is 8.90. The molecule has 0 aliphatic heterocycles. The van der Waals surface area contributed by atoms with Crippen LogP contribution >= 0.6 is 0 Å². The van der Waals surface area contributed by atoms with E-state index >= 15 is 0 Å². The van der Waals surface area contributed by atoms with Crippen molar-refractivity contribution in [2.75, 3.05) is 5.32 Å². The quantitative estimate of drug-likeness (QED) is 0.652. The van der Waals surface area contributed by atoms with Crippen molar-refractivity contribution in [2.45, 2.75) is 26.3 Å². The van der Waals surface area contributed by atoms with Crippen LogP contribution in [0.1, 0.15) is 20.8 Å². The van der Waals surface area contributed by atoms with Gasteiger partial charge in [0.05, 0.1) is 0 Å². The standard InChI is InChI=1S/C8H12FN3/c1-8(2,3)12-7-4-6(9)10-5-11-7/h4-5H,1-3H3,(H,10,11,12). The first-order valence-corrected chi connectivity index (χ1v) is 3.73. The molecule has 0 atom stereocenters. The molecule has 4 heteroatoms. The number of halogens is 1. The maximum Gasteiger partial charge on any atom is 0.217 e. The molecule has 1 heterocycles. The third kappa shape index (κ3) is 2.82. The monoisotopic (exact) mass is 169 g/mol. The average molecular weight is 169 g/mol. The molecule has 3 nitrogen and oxygen atoms in total. The van der Waals surface area contributed by atoms with Gasteiger partial charge in [-0.15, -0.1) is 0 Å². The van der Waals surface area contributed by atoms with Crippen molar-refractivity contribution in [2.24, 2.45) is 0 Å². The van der Waals surface area contributed by atoms with E-state index < -0.39 is 5.95 Å². The van der Waals surface area contributed by atoms with Gasteiger partial charge in [-0.3, -0.25) is 0 Å². The van der Waals surface area contributed by atoms with Crippen molar-refractivity contribution < 1.29 is 4.39 Å². The van der Waals surface area contributed by atoms with Crippen LogP contribution in [0.3, 0.4) is 0 Å². The average Bonchev–Trinajstić information content (AvgIpc) is 1.82. The van der Waals surface area contributed by atoms with Crippen LogP contribution in [0.25, 0.3) is 0 Å². The van der Waals surface area contributed by atoms with Gasteiger partial charge in [-0.05, 0) is 20.8 Å². The molecule has 1 aromatic heterocycles. The molecule has 1 aromatic rings. The van der Waals surface area contributed by atoms with E-state index in [1.807, 2.05) is 20.8 Å². The third-order valence-corrected chi connectivity index (χ3v) is 1.14. The van der Waals surface area contributed by atoms with Crippen LogP contribution in [0.15, 0.2) is 12.4 Å². The van der Waals surface area contributed by atoms with Gasteiger partial charge < -0.3 is 5.32 Å². The van der Waals surface area contributed by atoms with Gasteiger partial charge in [0.1, 0.15) is 12.1 Å². The summed E-state index contributed by atoms with van der Waals surface area (Å²) in [5.74, 6) is -0.00764. The highest BCUT2D eigenvalue weighted by molar-refractivity contribution is 5.34. The maximum atomic E-state index is 12.6. The van der Waals surface area contributed by atoms with Crippen molar-refractivity contribution in [3.63, 3.8) is 0 Å². The zero-order valence-electron chi connectivity index (χ0n) is 7.43. The Balaban J connectivity index is 2.77. The fourth-order valence-corrected chi connectivity index (χ4v) is 0.786. The molecule has 0 aliphatic rings. The molecule has 0 spiro atoms. The van der Waals surface area contributed by atoms with E-state index in [2.05, 4.69) is 15.3 Å². The lowest BCUT2D eigenvalue weighted by atomic mass is 10.1. The molecule has 0 aromatic carbocycles. The molecule has 0 saturated carbocycles. The van der Waals surface area contributed by atoms with Crippen LogP contribution in [0, 0.1) is 5.95 Å². The predicted octanol–water partition coefficient (Wildman–Crippen LogP) is 1.83. The Morgan fingerprint density at radius 3 is 2.50 bits per heavy atom. The Bertz CT molecular complexity index is 267. The van der Waals surface area contributed by atoms with Crippen molar-refractivity contribution >= 4 is 5.82 Å². The van der Waals surface area contributed by atoms with E-state index in [0.717, 1.165) is 0 Å². The van der Waals surface area contributed by atoms with Gasteiger partial charge in [0.15, 0.2) is 0 Å². The number of hydrogen-bond acceptors (Lipinski definition) is 3. The maximum absolute atomic E-state index is 12.6. The summed E-state index contributed by atoms with van der Waals surface area (Å²) in [7, 11) is 0. The molecule has 1 rings (SSSR count). The second-order valence-electron chi connectivity index (χ2n) is 3.60. The molecule has 12 heavy (non-hydrogen) atoms. The Hall–Kier alpha value is -1.19. The third-order valence-electron chi connectivity index (χ3n) is 1.14. The Morgan fingerprint density at radius 1 is 1.33 bits per heavy atom. The zero-order chi connectivity index (χ0) is 9.19. The smallest absolute Gasteiger partial charge is 0.217 e. The number of nitrogens with one attached hydrogen (secondary N) is 1. The fourth-order valence-electron chi connectivity index (χ4n) is 0.786. The summed E-state index contributed by atoms with van der Waals surface area (Å²) in [4.78, 5) is 7.21. The molecule has 0 aliphatic carbocycles. The van der Waals surface area contributed by atoms with Crippen LogP contribution in [-0.4, -0.2) is 15.5 Å². The van der Waals surface area contributed by atoms with Gasteiger partial charge in [-0.25, -0.2) is 9.97 Å². The molecule has 0 amide bonds. The van der Waals surface area contributed by atoms with Crippen LogP contribution in [0.4, 0.5) is 10.2 Å². The first-order valence-electron chi connectivity index (χ1n) is 3.73. The number of hydrogen-bond donors (Lipinski definition) is 1. The van der Waals surface area contributed by atoms with Crippen LogP contribution in [0.2, 0.25) is 0 Å². The summed E-state index contributed by atoms with van der Waals surface area (Å²) in [5, 5.41) is 3.03. The van der Waals surface area contributed by atoms with Gasteiger partial charge in [0.2, 0.25) is 5.95 Å². The number of aromatic nitrogens is 2. The van der Waals surface area contributed by atoms with Crippen LogP contribution in [-0.2, 0) is 0 Å². The summed E-state index contributed by atoms with van der Waals surface area (Å²) >= 11 is 0. The molecular weight excluding hydrogens is 157 g/mol. The van der Waals surface area contributed by atoms with E-state index in [0.29, 0.717) is 5.82 Å². The van der Waals surface area contributed by atoms with Crippen molar-refractivity contribution in [1.82, 2.24) is 9.97 Å². The van der Waals surface area contributed by atoms with Crippen LogP contribution < -0.4 is 5.32 Å². The lowest BCUT2D eigenvalue weighted by molar-refractivity contribution is 0.575. The highest BCUT2D eigenvalue weighted by Crippen LogP contribution is 2.10. The number of anilines is 1. The molecule has 66 valence electrons. The molecule has 0 radical (unpaired) electrons. The molecular formula is C8H12FN3. The minimum absolute atomic E-state index is 0.110. The van der Waals surface area contributed by atoms with E-state index in [-0.39, 0.29) is 5.54 Å². The highest BCUT2D eigenvalue weighted by atomic mass is 19.1. The Labute approximate surface area is 71.0 Å². The molecule has 0 saturated heterocycles. The SMILES string of the molecule is CC(C)(C)Nc1cc(F)ncn1. The zero-order valence-corrected chi connectivity index (χ0v) is 7.43. The molecule has 0 bridgehead atoms. The number of nitrogens with zero attached hydrogens (tertiary/aromatic N) is 2. The normalized spacial score (nSPS) is 11.3. The minimum atomic E-state index is -0.517. The summed E-state index contributed by atoms with van der Waals surface area (Å²) in [6.45, 7) is 5.94. The second-order valence-corrected chi connectivity index (χ2v) is 3.60. The van der Waals surface area contributed by atoms with Crippen molar-refractivity contribution in [1.29, 1.82) is 0 Å². The molecule has 1 N–H and O–H groups in total. The van der Waals surface area contributed by atoms with Crippen molar-refractivity contribution in [3.05, 3.63) is 18.3 Å². The second kappa shape index (κ2) is 3.05. The summed E-state index contributed by atoms with van der Waals surface area (Å²) in [5.41, 5.74) is -0.110. The van der Waals surface area contributed by atoms with E-state index in [1.54, 1.807) is 0 Å². The van der Waals surface area contributed by atoms with Gasteiger partial charge in [0, 0.05) is 11.6 Å². The Kier molecular flexibility index (Phi) is 2.26. The minimum Gasteiger partial charge on any atom is -0.365 e. The van der Waals surface area contributed by atoms with E-state index in [1.165, 1.54) is 12.4 Å². The largest absolute Gasteiger partial charge is 0.365 e. The summed E-state index contributed by atoms with van der Waals surface area (Å²) < 4.78 is 12.6. The van der Waals surface area contributed by atoms with E-state index in [4.69, 9.17) is 0 Å². The van der Waals surface area contributed by atoms with Gasteiger partial charge in [0.25, 0.3) is 0 Å². The molecule has 0 unspecified atom stereocenters. The van der Waals surface area contributed by atoms with Gasteiger partial charge in [-0.1, -0.05) is 0 Å². The first-order chi connectivity index (χ1) is 5.47. The lowest BCUT2D eigenvalue weighted by Crippen LogP contribution is -2.26. The van der Waals surface area contributed by atoms with Gasteiger partial charge >= 0.3 is 0 Å². The van der Waals surface area contributed by atoms with Crippen LogP contribution in [0.5, 0.6) is 0 Å². The Morgan fingerprint density at radius 2 is 2.00 bits per heavy atom. The fraction of sp³-hybridized carbons (Fsp3) is 0.500. The topological polar surface area (TPSA) is 37.8 Å². The van der Waals surface area contributed by atoms with Gasteiger partial charge in [-0.2, -0.15) is 4.39 Å². The predicted molar refractivity (Wildman–Crippen MR) is 45.4 cm³/mol. The molecule has 0 fully saturated rings. The van der Waals surface area contributed by atoms with E-state index in [9.17, 15) is 4.39 Å². The summed E-state index contributed by atoms with van der Waals surface area (Å²) in [6, 6.07) is 1.27. The number of rotatable bonds is 1. The highest BCUT2D eigenvalue weighted by Gasteiger charge is 2.10. The van der Waals surface area contributed by atoms with Crippen molar-refractivity contribution in [3.8, 4) is 0 Å². The summed E-state index contributed by atoms with van der Waals surface area (Å²) in [6.07, 6.45) is 1.20. The lowest BCUT2D eigenvalue weighted by Gasteiger charge is -2.20.